The zero-order valence-corrected chi connectivity index (χ0v) is 15.6. The van der Waals surface area contributed by atoms with Crippen molar-refractivity contribution in [2.24, 2.45) is 5.92 Å². The number of para-hydroxylation sites is 1. The van der Waals surface area contributed by atoms with Gasteiger partial charge in [0.05, 0.1) is 18.4 Å². The number of benzene rings is 2. The van der Waals surface area contributed by atoms with Crippen LogP contribution >= 0.6 is 0 Å². The number of amides is 1. The molecular weight excluding hydrogens is 410 g/mol. The van der Waals surface area contributed by atoms with Crippen molar-refractivity contribution in [1.82, 2.24) is 0 Å². The van der Waals surface area contributed by atoms with Crippen LogP contribution in [0.15, 0.2) is 42.5 Å². The maximum Gasteiger partial charge on any atom is 0.461 e. The van der Waals surface area contributed by atoms with Crippen LogP contribution in [0.25, 0.3) is 0 Å². The number of methoxy groups -OCH3 is 1. The highest BCUT2D eigenvalue weighted by Crippen LogP contribution is 2.50. The molecule has 1 aliphatic rings. The summed E-state index contributed by atoms with van der Waals surface area (Å²) in [4.78, 5) is 23.7. The van der Waals surface area contributed by atoms with Crippen LogP contribution in [0.4, 0.5) is 23.2 Å². The minimum atomic E-state index is -4.67. The molecule has 0 heterocycles. The second kappa shape index (κ2) is 8.21. The molecule has 0 saturated heterocycles. The molecule has 2 atom stereocenters. The van der Waals surface area contributed by atoms with Crippen LogP contribution in [0.5, 0.6) is 11.5 Å². The molecule has 6 nitrogen and oxygen atoms in total. The van der Waals surface area contributed by atoms with E-state index in [9.17, 15) is 32.3 Å². The molecule has 2 unspecified atom stereocenters. The molecule has 0 radical (unpaired) electrons. The number of rotatable bonds is 8. The van der Waals surface area contributed by atoms with Gasteiger partial charge in [-0.05, 0) is 42.2 Å². The Labute approximate surface area is 168 Å². The molecule has 0 aliphatic heterocycles. The van der Waals surface area contributed by atoms with Crippen LogP contribution in [0.1, 0.15) is 28.3 Å². The molecule has 0 spiro atoms. The number of carbonyl (C=O) groups is 2. The Morgan fingerprint density at radius 3 is 2.50 bits per heavy atom. The van der Waals surface area contributed by atoms with E-state index < -0.39 is 36.1 Å². The summed E-state index contributed by atoms with van der Waals surface area (Å²) < 4.78 is 60.1. The fraction of sp³-hybridized carbons (Fsp3) is 0.300. The topological polar surface area (TPSA) is 84.9 Å². The van der Waals surface area contributed by atoms with E-state index in [2.05, 4.69) is 10.1 Å². The van der Waals surface area contributed by atoms with Crippen molar-refractivity contribution in [2.75, 3.05) is 12.4 Å². The lowest BCUT2D eigenvalue weighted by molar-refractivity contribution is -0.253. The summed E-state index contributed by atoms with van der Waals surface area (Å²) in [7, 11) is 1.17. The van der Waals surface area contributed by atoms with Gasteiger partial charge in [-0.25, -0.2) is 4.79 Å². The number of aromatic carboxylic acids is 1. The number of alkyl halides is 4. The number of halogens is 4. The Balaban J connectivity index is 1.71. The van der Waals surface area contributed by atoms with Crippen LogP contribution in [0.2, 0.25) is 0 Å². The first-order valence-corrected chi connectivity index (χ1v) is 8.80. The lowest BCUT2D eigenvalue weighted by atomic mass is 10.1. The van der Waals surface area contributed by atoms with Crippen molar-refractivity contribution in [1.29, 1.82) is 0 Å². The van der Waals surface area contributed by atoms with Gasteiger partial charge in [0.15, 0.2) is 11.5 Å². The van der Waals surface area contributed by atoms with E-state index in [0.717, 1.165) is 6.07 Å². The van der Waals surface area contributed by atoms with Crippen LogP contribution in [-0.4, -0.2) is 36.6 Å². The van der Waals surface area contributed by atoms with Gasteiger partial charge in [0, 0.05) is 5.92 Å². The molecule has 10 heteroatoms. The van der Waals surface area contributed by atoms with Gasteiger partial charge < -0.3 is 19.9 Å². The SMILES string of the molecule is COc1cc(C2CC2C(=O)Nc2ccccc2C(=O)O)ccc1OC(F)(F)C(F)F. The van der Waals surface area contributed by atoms with Gasteiger partial charge in [0.2, 0.25) is 5.91 Å². The van der Waals surface area contributed by atoms with E-state index in [1.165, 1.54) is 37.4 Å². The normalized spacial score (nSPS) is 18.1. The van der Waals surface area contributed by atoms with Crippen molar-refractivity contribution >= 4 is 17.6 Å². The summed E-state index contributed by atoms with van der Waals surface area (Å²) >= 11 is 0. The summed E-state index contributed by atoms with van der Waals surface area (Å²) in [6.07, 6.45) is -8.24. The first kappa shape index (κ1) is 21.4. The highest BCUT2D eigenvalue weighted by atomic mass is 19.3. The summed E-state index contributed by atoms with van der Waals surface area (Å²) in [6.45, 7) is 0. The molecule has 30 heavy (non-hydrogen) atoms. The Kier molecular flexibility index (Phi) is 5.86. The molecule has 1 amide bonds. The van der Waals surface area contributed by atoms with E-state index in [0.29, 0.717) is 12.0 Å². The molecule has 2 N–H and O–H groups in total. The number of hydrogen-bond acceptors (Lipinski definition) is 4. The van der Waals surface area contributed by atoms with Crippen molar-refractivity contribution in [3.63, 3.8) is 0 Å². The zero-order chi connectivity index (χ0) is 22.1. The molecule has 3 rings (SSSR count). The Bertz CT molecular complexity index is 966. The molecule has 160 valence electrons. The van der Waals surface area contributed by atoms with Crippen LogP contribution in [-0.2, 0) is 4.79 Å². The van der Waals surface area contributed by atoms with E-state index in [1.54, 1.807) is 6.07 Å². The molecular formula is C20H17F4NO5. The van der Waals surface area contributed by atoms with Crippen molar-refractivity contribution < 1.29 is 41.7 Å². The van der Waals surface area contributed by atoms with Gasteiger partial charge in [0.1, 0.15) is 0 Å². The van der Waals surface area contributed by atoms with Gasteiger partial charge in [0.25, 0.3) is 0 Å². The van der Waals surface area contributed by atoms with Gasteiger partial charge >= 0.3 is 18.5 Å². The summed E-state index contributed by atoms with van der Waals surface area (Å²) in [5, 5.41) is 11.8. The fourth-order valence-corrected chi connectivity index (χ4v) is 3.05. The van der Waals surface area contributed by atoms with Gasteiger partial charge in [-0.1, -0.05) is 18.2 Å². The molecule has 1 aliphatic carbocycles. The maximum absolute atomic E-state index is 13.2. The van der Waals surface area contributed by atoms with Gasteiger partial charge in [-0.15, -0.1) is 0 Å². The van der Waals surface area contributed by atoms with Gasteiger partial charge in [-0.2, -0.15) is 17.6 Å². The fourth-order valence-electron chi connectivity index (χ4n) is 3.05. The average molecular weight is 427 g/mol. The Morgan fingerprint density at radius 1 is 1.17 bits per heavy atom. The summed E-state index contributed by atoms with van der Waals surface area (Å²) in [6, 6.07) is 9.77. The number of hydrogen-bond donors (Lipinski definition) is 2. The molecule has 1 saturated carbocycles. The average Bonchev–Trinajstić information content (AvgIpc) is 3.49. The minimum Gasteiger partial charge on any atom is -0.493 e. The van der Waals surface area contributed by atoms with Crippen LogP contribution in [0, 0.1) is 5.92 Å². The summed E-state index contributed by atoms with van der Waals surface area (Å²) in [5.74, 6) is -3.03. The van der Waals surface area contributed by atoms with Crippen molar-refractivity contribution in [3.05, 3.63) is 53.6 Å². The largest absolute Gasteiger partial charge is 0.493 e. The quantitative estimate of drug-likeness (QED) is 0.611. The van der Waals surface area contributed by atoms with Crippen LogP contribution < -0.4 is 14.8 Å². The second-order valence-corrected chi connectivity index (χ2v) is 6.66. The van der Waals surface area contributed by atoms with E-state index in [-0.39, 0.29) is 22.9 Å². The highest BCUT2D eigenvalue weighted by molar-refractivity contribution is 6.02. The number of carboxylic acid groups (broad SMARTS) is 1. The molecule has 2 aromatic rings. The van der Waals surface area contributed by atoms with Gasteiger partial charge in [-0.3, -0.25) is 4.79 Å². The van der Waals surface area contributed by atoms with Crippen molar-refractivity contribution in [2.45, 2.75) is 24.9 Å². The third kappa shape index (κ3) is 4.47. The predicted molar refractivity (Wildman–Crippen MR) is 97.5 cm³/mol. The number of nitrogens with one attached hydrogen (secondary N) is 1. The molecule has 0 aromatic heterocycles. The number of anilines is 1. The van der Waals surface area contributed by atoms with E-state index in [1.807, 2.05) is 0 Å². The lowest BCUT2D eigenvalue weighted by Crippen LogP contribution is -2.33. The number of ether oxygens (including phenoxy) is 2. The predicted octanol–water partition coefficient (Wildman–Crippen LogP) is 4.37. The standard InChI is InChI=1S/C20H17F4NO5/c1-29-16-8-10(6-7-15(16)30-20(23,24)19(21)22)12-9-13(12)17(26)25-14-5-3-2-4-11(14)18(27)28/h2-8,12-13,19H,9H2,1H3,(H,25,26)(H,27,28). The lowest BCUT2D eigenvalue weighted by Gasteiger charge is -2.19. The maximum atomic E-state index is 13.2. The smallest absolute Gasteiger partial charge is 0.461 e. The monoisotopic (exact) mass is 427 g/mol. The first-order valence-electron chi connectivity index (χ1n) is 8.80. The van der Waals surface area contributed by atoms with E-state index in [4.69, 9.17) is 4.74 Å². The second-order valence-electron chi connectivity index (χ2n) is 6.66. The first-order chi connectivity index (χ1) is 14.1. The number of carbonyl (C=O) groups excluding carboxylic acids is 1. The molecule has 2 aromatic carbocycles. The Hall–Kier alpha value is -3.30. The van der Waals surface area contributed by atoms with Crippen molar-refractivity contribution in [3.8, 4) is 11.5 Å². The van der Waals surface area contributed by atoms with Crippen LogP contribution in [0.3, 0.4) is 0 Å². The number of carboxylic acids is 1. The Morgan fingerprint density at radius 2 is 1.87 bits per heavy atom. The minimum absolute atomic E-state index is 0.0498. The highest BCUT2D eigenvalue weighted by Gasteiger charge is 2.46. The molecule has 0 bridgehead atoms. The van der Waals surface area contributed by atoms with E-state index >= 15 is 0 Å². The third-order valence-corrected chi connectivity index (χ3v) is 4.66. The summed E-state index contributed by atoms with van der Waals surface area (Å²) in [5.41, 5.74) is 0.689. The third-order valence-electron chi connectivity index (χ3n) is 4.66. The zero-order valence-electron chi connectivity index (χ0n) is 15.6. The molecule has 1 fully saturated rings.